The highest BCUT2D eigenvalue weighted by molar-refractivity contribution is 6.41. The van der Waals surface area contributed by atoms with Gasteiger partial charge in [-0.15, -0.1) is 0 Å². The standard InChI is InChI=1S/C24H15N2.3Al/c25-20-8-4-7-18(14-20)16-5-3-6-17(13-16)19-11-12-24-22(15-19)21-9-1-2-10-23(21)26-24;;;/h1-15H;;;/q-1;;;+1. The number of para-hydroxylation sites is 1. The van der Waals surface area contributed by atoms with Gasteiger partial charge in [-0.05, 0) is 64.3 Å². The molecule has 4 aromatic carbocycles. The molecule has 5 heteroatoms. The summed E-state index contributed by atoms with van der Waals surface area (Å²) in [5.41, 5.74) is 8.48. The van der Waals surface area contributed by atoms with E-state index < -0.39 is 0 Å². The van der Waals surface area contributed by atoms with Gasteiger partial charge in [0.05, 0.1) is 0 Å². The van der Waals surface area contributed by atoms with Gasteiger partial charge in [0.25, 0.3) is 33.0 Å². The van der Waals surface area contributed by atoms with E-state index in [1.165, 1.54) is 44.1 Å². The van der Waals surface area contributed by atoms with Crippen molar-refractivity contribution < 1.29 is 0 Å². The van der Waals surface area contributed by atoms with Crippen molar-refractivity contribution in [2.75, 3.05) is 2.87 Å². The second-order valence-electron chi connectivity index (χ2n) is 7.16. The van der Waals surface area contributed by atoms with Crippen LogP contribution in [0, 0.1) is 0 Å². The van der Waals surface area contributed by atoms with Crippen LogP contribution in [-0.2, 0) is 0 Å². The van der Waals surface area contributed by atoms with Crippen molar-refractivity contribution in [2.45, 2.75) is 0 Å². The molecule has 130 valence electrons. The van der Waals surface area contributed by atoms with Crippen molar-refractivity contribution in [1.29, 1.82) is 0 Å². The molecule has 0 saturated heterocycles. The Hall–Kier alpha value is -1.92. The fraction of sp³-hybridized carbons (Fsp3) is 0. The van der Waals surface area contributed by atoms with Gasteiger partial charge in [-0.2, -0.15) is 0 Å². The number of nitrogens with zero attached hydrogens (tertiary/aromatic N) is 2. The largest absolute Gasteiger partial charge is 0.587 e. The molecule has 2 nitrogen and oxygen atoms in total. The Morgan fingerprint density at radius 3 is 1.93 bits per heavy atom. The smallest absolute Gasteiger partial charge is 0.318 e. The summed E-state index contributed by atoms with van der Waals surface area (Å²) in [6.07, 6.45) is 0. The third-order valence-electron chi connectivity index (χ3n) is 5.38. The third kappa shape index (κ3) is 3.46. The molecule has 1 aromatic heterocycles. The highest BCUT2D eigenvalue weighted by atomic mass is 27.1. The van der Waals surface area contributed by atoms with Crippen LogP contribution in [0.4, 0.5) is 5.69 Å². The summed E-state index contributed by atoms with van der Waals surface area (Å²) < 4.78 is 4.16. The van der Waals surface area contributed by atoms with Crippen LogP contribution >= 0.6 is 0 Å². The molecule has 0 aliphatic rings. The first-order chi connectivity index (χ1) is 14.1. The van der Waals surface area contributed by atoms with E-state index in [0.717, 1.165) is 5.69 Å². The van der Waals surface area contributed by atoms with Crippen LogP contribution in [0.2, 0.25) is 0 Å². The monoisotopic (exact) mass is 412 g/mol. The van der Waals surface area contributed by atoms with Gasteiger partial charge in [-0.1, -0.05) is 54.6 Å². The molecule has 0 spiro atoms. The summed E-state index contributed by atoms with van der Waals surface area (Å²) in [7, 11) is 0. The molecule has 5 rings (SSSR count). The molecular formula is C24H15Al3N2. The molecule has 0 saturated carbocycles. The molecule has 1 heterocycles. The number of anilines is 1. The van der Waals surface area contributed by atoms with Crippen molar-refractivity contribution in [3.8, 4) is 22.3 Å². The van der Waals surface area contributed by atoms with E-state index in [9.17, 15) is 0 Å². The molecule has 0 fully saturated rings. The van der Waals surface area contributed by atoms with Crippen LogP contribution in [-0.4, -0.2) is 53.1 Å². The maximum absolute atomic E-state index is 2.83. The van der Waals surface area contributed by atoms with E-state index in [1.54, 1.807) is 0 Å². The minimum Gasteiger partial charge on any atom is -0.587 e. The number of fused-ring (bicyclic) bond motifs is 3. The van der Waals surface area contributed by atoms with E-state index in [4.69, 9.17) is 0 Å². The molecule has 5 aromatic rings. The van der Waals surface area contributed by atoms with Crippen LogP contribution in [0.25, 0.3) is 44.1 Å². The van der Waals surface area contributed by atoms with Crippen LogP contribution < -0.4 is 2.87 Å². The van der Waals surface area contributed by atoms with Gasteiger partial charge in [0.1, 0.15) is 0 Å². The number of benzene rings is 4. The Bertz CT molecular complexity index is 1360. The number of aromatic nitrogens is 1. The first-order valence-electron chi connectivity index (χ1n) is 9.40. The SMILES string of the molecule is [Al][N]([Al])c1cccc(-c2cccc(-c3ccc4c(c3)c3ccccc3[n]4[Al])c2)c1. The van der Waals surface area contributed by atoms with Gasteiger partial charge in [-0.25, -0.2) is 0 Å². The molecular weight excluding hydrogens is 397 g/mol. The van der Waals surface area contributed by atoms with Crippen LogP contribution in [0.5, 0.6) is 0 Å². The predicted molar refractivity (Wildman–Crippen MR) is 125 cm³/mol. The van der Waals surface area contributed by atoms with Crippen molar-refractivity contribution >= 4 is 77.0 Å². The highest BCUT2D eigenvalue weighted by Crippen LogP contribution is 2.33. The first-order valence-corrected chi connectivity index (χ1v) is 11.0. The molecule has 0 unspecified atom stereocenters. The molecule has 0 amide bonds. The number of rotatable bonds is 3. The number of hydrogen-bond acceptors (Lipinski definition) is 1. The fourth-order valence-corrected chi connectivity index (χ4v) is 4.68. The zero-order valence-electron chi connectivity index (χ0n) is 15.8. The summed E-state index contributed by atoms with van der Waals surface area (Å²) in [5.74, 6) is 0. The summed E-state index contributed by atoms with van der Waals surface area (Å²) in [6, 6.07) is 32.6. The summed E-state index contributed by atoms with van der Waals surface area (Å²) in [4.78, 5) is 0. The summed E-state index contributed by atoms with van der Waals surface area (Å²) in [6.45, 7) is 0. The summed E-state index contributed by atoms with van der Waals surface area (Å²) >= 11 is 8.19. The Morgan fingerprint density at radius 2 is 1.17 bits per heavy atom. The van der Waals surface area contributed by atoms with Gasteiger partial charge >= 0.3 is 16.5 Å². The van der Waals surface area contributed by atoms with Crippen LogP contribution in [0.3, 0.4) is 0 Å². The van der Waals surface area contributed by atoms with E-state index in [2.05, 4.69) is 144 Å². The number of hydrogen-bond donors (Lipinski definition) is 0. The van der Waals surface area contributed by atoms with Gasteiger partial charge in [0.2, 0.25) is 0 Å². The van der Waals surface area contributed by atoms with Crippen LogP contribution in [0.15, 0.2) is 91.0 Å². The van der Waals surface area contributed by atoms with Gasteiger partial charge < -0.3 is 6.42 Å². The fourth-order valence-electron chi connectivity index (χ4n) is 3.91. The maximum Gasteiger partial charge on any atom is 0.318 e. The third-order valence-corrected chi connectivity index (χ3v) is 6.54. The molecule has 0 bridgehead atoms. The molecule has 0 N–H and O–H groups in total. The molecule has 0 atom stereocenters. The summed E-state index contributed by atoms with van der Waals surface area (Å²) in [5, 5.41) is 2.56. The molecule has 0 aliphatic carbocycles. The zero-order valence-corrected chi connectivity index (χ0v) is 19.3. The zero-order chi connectivity index (χ0) is 20.0. The minimum atomic E-state index is 1.14. The first kappa shape index (κ1) is 19.1. The van der Waals surface area contributed by atoms with Gasteiger partial charge in [-0.3, -0.25) is 0 Å². The van der Waals surface area contributed by atoms with Crippen molar-refractivity contribution in [1.82, 2.24) is 3.55 Å². The predicted octanol–water partition coefficient (Wildman–Crippen LogP) is 5.03. The van der Waals surface area contributed by atoms with Gasteiger partial charge in [0, 0.05) is 21.8 Å². The lowest BCUT2D eigenvalue weighted by molar-refractivity contribution is 1.39. The van der Waals surface area contributed by atoms with Crippen molar-refractivity contribution in [3.63, 3.8) is 0 Å². The van der Waals surface area contributed by atoms with Crippen molar-refractivity contribution in [3.05, 3.63) is 91.0 Å². The van der Waals surface area contributed by atoms with Crippen LogP contribution in [0.1, 0.15) is 0 Å². The lowest BCUT2D eigenvalue weighted by Crippen LogP contribution is -2.13. The van der Waals surface area contributed by atoms with Crippen molar-refractivity contribution in [2.24, 2.45) is 0 Å². The average molecular weight is 412 g/mol. The Balaban J connectivity index is 1.63. The lowest BCUT2D eigenvalue weighted by atomic mass is 9.98. The Morgan fingerprint density at radius 1 is 0.552 bits per heavy atom. The molecule has 6 radical (unpaired) electrons. The second kappa shape index (κ2) is 7.72. The molecule has 29 heavy (non-hydrogen) atoms. The average Bonchev–Trinajstić information content (AvgIpc) is 3.06. The van der Waals surface area contributed by atoms with Gasteiger partial charge in [0.15, 0.2) is 0 Å². The lowest BCUT2D eigenvalue weighted by Gasteiger charge is -2.18. The highest BCUT2D eigenvalue weighted by Gasteiger charge is 2.09. The van der Waals surface area contributed by atoms with E-state index >= 15 is 0 Å². The van der Waals surface area contributed by atoms with E-state index in [1.807, 2.05) is 2.87 Å². The Labute approximate surface area is 195 Å². The molecule has 0 aliphatic heterocycles. The topological polar surface area (TPSA) is 8.17 Å². The minimum absolute atomic E-state index is 1.14. The quantitative estimate of drug-likeness (QED) is 0.377. The normalized spacial score (nSPS) is 11.2. The maximum atomic E-state index is 2.83. The Kier molecular flexibility index (Phi) is 5.08. The second-order valence-corrected chi connectivity index (χ2v) is 9.38. The van der Waals surface area contributed by atoms with E-state index in [0.29, 0.717) is 0 Å². The van der Waals surface area contributed by atoms with E-state index in [-0.39, 0.29) is 0 Å².